The maximum absolute atomic E-state index is 12.4. The second kappa shape index (κ2) is 8.76. The number of ether oxygens (including phenoxy) is 2. The lowest BCUT2D eigenvalue weighted by Gasteiger charge is -2.32. The Morgan fingerprint density at radius 2 is 1.63 bits per heavy atom. The molecule has 0 spiro atoms. The lowest BCUT2D eigenvalue weighted by Crippen LogP contribution is -2.41. The molecular formula is C21H33BO5. The van der Waals surface area contributed by atoms with Crippen molar-refractivity contribution >= 4 is 18.6 Å². The average molecular weight is 376 g/mol. The minimum absolute atomic E-state index is 0.181. The van der Waals surface area contributed by atoms with Crippen LogP contribution in [-0.4, -0.2) is 44.1 Å². The Kier molecular flexibility index (Phi) is 7.11. The van der Waals surface area contributed by atoms with Crippen molar-refractivity contribution in [1.29, 1.82) is 0 Å². The van der Waals surface area contributed by atoms with Crippen LogP contribution in [0.3, 0.4) is 0 Å². The molecular weight excluding hydrogens is 343 g/mol. The zero-order valence-corrected chi connectivity index (χ0v) is 17.7. The van der Waals surface area contributed by atoms with Gasteiger partial charge in [0.25, 0.3) is 0 Å². The van der Waals surface area contributed by atoms with Gasteiger partial charge in [-0.2, -0.15) is 0 Å². The van der Waals surface area contributed by atoms with Crippen LogP contribution >= 0.6 is 0 Å². The van der Waals surface area contributed by atoms with Crippen LogP contribution in [-0.2, 0) is 23.6 Å². The zero-order valence-electron chi connectivity index (χ0n) is 17.7. The molecule has 27 heavy (non-hydrogen) atoms. The predicted molar refractivity (Wildman–Crippen MR) is 107 cm³/mol. The Labute approximate surface area is 163 Å². The molecule has 3 rings (SSSR count). The van der Waals surface area contributed by atoms with E-state index in [1.165, 1.54) is 0 Å². The molecule has 0 radical (unpaired) electrons. The molecule has 6 heteroatoms. The topological polar surface area (TPSA) is 54.0 Å². The molecule has 5 nitrogen and oxygen atoms in total. The van der Waals surface area contributed by atoms with Gasteiger partial charge in [0, 0.05) is 5.92 Å². The molecule has 1 aromatic carbocycles. The molecule has 1 atom stereocenters. The summed E-state index contributed by atoms with van der Waals surface area (Å²) in [5.74, 6) is -0.276. The van der Waals surface area contributed by atoms with E-state index in [9.17, 15) is 4.79 Å². The van der Waals surface area contributed by atoms with Gasteiger partial charge in [0.2, 0.25) is 0 Å². The molecule has 0 aliphatic carbocycles. The quantitative estimate of drug-likeness (QED) is 0.583. The minimum Gasteiger partial charge on any atom is -0.466 e. The average Bonchev–Trinajstić information content (AvgIpc) is 2.81. The third kappa shape index (κ3) is 4.56. The van der Waals surface area contributed by atoms with E-state index < -0.39 is 7.12 Å². The minimum atomic E-state index is -0.396. The molecule has 1 unspecified atom stereocenters. The van der Waals surface area contributed by atoms with E-state index in [0.29, 0.717) is 19.8 Å². The SMILES string of the molecule is CC.CCOC(=O)C(c1ccc(B2OC(C)(C)C(C)(C)O2)cc1)C1COC1. The first kappa shape index (κ1) is 21.9. The van der Waals surface area contributed by atoms with Crippen molar-refractivity contribution in [1.82, 2.24) is 0 Å². The first-order valence-electron chi connectivity index (χ1n) is 9.95. The highest BCUT2D eigenvalue weighted by molar-refractivity contribution is 6.62. The van der Waals surface area contributed by atoms with Gasteiger partial charge in [0.1, 0.15) is 0 Å². The van der Waals surface area contributed by atoms with E-state index in [4.69, 9.17) is 18.8 Å². The van der Waals surface area contributed by atoms with E-state index in [2.05, 4.69) is 0 Å². The Bertz CT molecular complexity index is 606. The van der Waals surface area contributed by atoms with Crippen LogP contribution in [0.1, 0.15) is 59.9 Å². The molecule has 0 aromatic heterocycles. The largest absolute Gasteiger partial charge is 0.494 e. The van der Waals surface area contributed by atoms with Crippen LogP contribution in [0.15, 0.2) is 24.3 Å². The fourth-order valence-electron chi connectivity index (χ4n) is 3.12. The van der Waals surface area contributed by atoms with Crippen molar-refractivity contribution in [2.45, 2.75) is 65.6 Å². The van der Waals surface area contributed by atoms with Gasteiger partial charge in [-0.05, 0) is 45.6 Å². The van der Waals surface area contributed by atoms with Crippen LogP contribution in [0, 0.1) is 5.92 Å². The Morgan fingerprint density at radius 3 is 2.04 bits per heavy atom. The van der Waals surface area contributed by atoms with Crippen molar-refractivity contribution in [2.75, 3.05) is 19.8 Å². The normalized spacial score (nSPS) is 21.7. The number of carbonyl (C=O) groups excluding carboxylic acids is 1. The molecule has 0 amide bonds. The van der Waals surface area contributed by atoms with Gasteiger partial charge >= 0.3 is 13.1 Å². The summed E-state index contributed by atoms with van der Waals surface area (Å²) in [6.45, 7) is 15.6. The molecule has 2 saturated heterocycles. The van der Waals surface area contributed by atoms with Gasteiger partial charge in [-0.3, -0.25) is 4.79 Å². The summed E-state index contributed by atoms with van der Waals surface area (Å²) >= 11 is 0. The third-order valence-electron chi connectivity index (χ3n) is 5.50. The predicted octanol–water partition coefficient (Wildman–Crippen LogP) is 3.31. The van der Waals surface area contributed by atoms with Crippen LogP contribution in [0.2, 0.25) is 0 Å². The molecule has 0 saturated carbocycles. The highest BCUT2D eigenvalue weighted by Crippen LogP contribution is 2.37. The first-order chi connectivity index (χ1) is 12.7. The number of benzene rings is 1. The Morgan fingerprint density at radius 1 is 1.11 bits per heavy atom. The summed E-state index contributed by atoms with van der Waals surface area (Å²) in [5.41, 5.74) is 1.17. The number of carbonyl (C=O) groups is 1. The van der Waals surface area contributed by atoms with Crippen molar-refractivity contribution in [2.24, 2.45) is 5.92 Å². The third-order valence-corrected chi connectivity index (χ3v) is 5.50. The fraction of sp³-hybridized carbons (Fsp3) is 0.667. The van der Waals surface area contributed by atoms with E-state index in [0.717, 1.165) is 11.0 Å². The maximum atomic E-state index is 12.4. The lowest BCUT2D eigenvalue weighted by molar-refractivity contribution is -0.152. The second-order valence-electron chi connectivity index (χ2n) is 7.78. The molecule has 2 heterocycles. The molecule has 2 aliphatic heterocycles. The smallest absolute Gasteiger partial charge is 0.466 e. The monoisotopic (exact) mass is 376 g/mol. The van der Waals surface area contributed by atoms with E-state index in [-0.39, 0.29) is 29.0 Å². The van der Waals surface area contributed by atoms with Gasteiger partial charge in [-0.15, -0.1) is 0 Å². The van der Waals surface area contributed by atoms with Crippen LogP contribution < -0.4 is 5.46 Å². The number of esters is 1. The van der Waals surface area contributed by atoms with Crippen molar-refractivity contribution in [3.63, 3.8) is 0 Å². The fourth-order valence-corrected chi connectivity index (χ4v) is 3.12. The summed E-state index contributed by atoms with van der Waals surface area (Å²) in [4.78, 5) is 12.4. The molecule has 150 valence electrons. The van der Waals surface area contributed by atoms with Crippen LogP contribution in [0.4, 0.5) is 0 Å². The highest BCUT2D eigenvalue weighted by Gasteiger charge is 2.51. The van der Waals surface area contributed by atoms with Gasteiger partial charge < -0.3 is 18.8 Å². The summed E-state index contributed by atoms with van der Waals surface area (Å²) in [6, 6.07) is 7.90. The van der Waals surface area contributed by atoms with Gasteiger partial charge in [0.15, 0.2) is 0 Å². The first-order valence-corrected chi connectivity index (χ1v) is 9.95. The summed E-state index contributed by atoms with van der Waals surface area (Å²) in [7, 11) is -0.396. The standard InChI is InChI=1S/C19H27BO5.C2H6/c1-6-23-17(21)16(14-11-22-12-14)13-7-9-15(10-8-13)20-24-18(2,3)19(4,5)25-20;1-2/h7-10,14,16H,6,11-12H2,1-5H3;1-2H3. The Hall–Kier alpha value is -1.37. The Balaban J connectivity index is 0.00000126. The van der Waals surface area contributed by atoms with E-state index in [1.54, 1.807) is 0 Å². The highest BCUT2D eigenvalue weighted by atomic mass is 16.7. The molecule has 1 aromatic rings. The molecule has 0 bridgehead atoms. The number of hydrogen-bond donors (Lipinski definition) is 0. The van der Waals surface area contributed by atoms with E-state index >= 15 is 0 Å². The second-order valence-corrected chi connectivity index (χ2v) is 7.78. The summed E-state index contributed by atoms with van der Waals surface area (Å²) in [6.07, 6.45) is 0. The number of rotatable bonds is 5. The maximum Gasteiger partial charge on any atom is 0.494 e. The van der Waals surface area contributed by atoms with Gasteiger partial charge in [0.05, 0.1) is 36.9 Å². The van der Waals surface area contributed by atoms with Gasteiger partial charge in [-0.1, -0.05) is 38.1 Å². The van der Waals surface area contributed by atoms with Crippen molar-refractivity contribution in [3.05, 3.63) is 29.8 Å². The van der Waals surface area contributed by atoms with Gasteiger partial charge in [-0.25, -0.2) is 0 Å². The van der Waals surface area contributed by atoms with Crippen molar-refractivity contribution in [3.8, 4) is 0 Å². The zero-order chi connectivity index (χ0) is 20.2. The summed E-state index contributed by atoms with van der Waals surface area (Å²) < 4.78 is 22.7. The molecule has 2 aliphatic rings. The van der Waals surface area contributed by atoms with Crippen LogP contribution in [0.5, 0.6) is 0 Å². The van der Waals surface area contributed by atoms with Crippen molar-refractivity contribution < 1.29 is 23.6 Å². The van der Waals surface area contributed by atoms with Crippen LogP contribution in [0.25, 0.3) is 0 Å². The molecule has 2 fully saturated rings. The van der Waals surface area contributed by atoms with E-state index in [1.807, 2.05) is 72.7 Å². The number of hydrogen-bond acceptors (Lipinski definition) is 5. The molecule has 0 N–H and O–H groups in total. The lowest BCUT2D eigenvalue weighted by atomic mass is 9.77. The summed E-state index contributed by atoms with van der Waals surface area (Å²) in [5, 5.41) is 0.